The van der Waals surface area contributed by atoms with Crippen molar-refractivity contribution in [3.8, 4) is 0 Å². The molecule has 0 saturated carbocycles. The molecule has 30 heavy (non-hydrogen) atoms. The summed E-state index contributed by atoms with van der Waals surface area (Å²) in [6.45, 7) is 0. The molecule has 0 unspecified atom stereocenters. The first kappa shape index (κ1) is 56.2. The Labute approximate surface area is 190 Å². The molecule has 0 bridgehead atoms. The molecule has 0 amide bonds. The molecule has 0 atom stereocenters. The van der Waals surface area contributed by atoms with Crippen molar-refractivity contribution in [1.29, 1.82) is 0 Å². The normalized spacial score (nSPS) is 5.60. The van der Waals surface area contributed by atoms with E-state index in [4.69, 9.17) is 107 Å². The molecule has 0 saturated heterocycles. The molecule has 0 heterocycles. The zero-order valence-corrected chi connectivity index (χ0v) is 16.3. The first-order chi connectivity index (χ1) is 12.1. The van der Waals surface area contributed by atoms with Crippen LogP contribution in [0.5, 0.6) is 0 Å². The summed E-state index contributed by atoms with van der Waals surface area (Å²) < 4.78 is 0. The average Bonchev–Trinajstić information content (AvgIpc) is 2.20. The van der Waals surface area contributed by atoms with Crippen molar-refractivity contribution in [2.45, 2.75) is 0 Å². The van der Waals surface area contributed by atoms with Crippen LogP contribution in [0.3, 0.4) is 0 Å². The molecule has 0 aromatic heterocycles. The summed E-state index contributed by atoms with van der Waals surface area (Å²) in [5.74, 6) is 0. The van der Waals surface area contributed by atoms with Gasteiger partial charge in [-0.3, -0.25) is 0 Å². The van der Waals surface area contributed by atoms with Crippen LogP contribution in [-0.2, 0) is 0 Å². The predicted octanol–water partition coefficient (Wildman–Crippen LogP) is -1.30. The van der Waals surface area contributed by atoms with E-state index < -0.39 is 35.6 Å². The van der Waals surface area contributed by atoms with Gasteiger partial charge in [0.15, 0.2) is 0 Å². The van der Waals surface area contributed by atoms with E-state index in [1.807, 2.05) is 0 Å². The Morgan fingerprint density at radius 3 is 0.267 bits per heavy atom. The summed E-state index contributed by atoms with van der Waals surface area (Å²) in [7, 11) is 0. The molecular weight excluding hydrogens is 588 g/mol. The van der Waals surface area contributed by atoms with E-state index in [1.54, 1.807) is 0 Å². The molecule has 0 aliphatic rings. The van der Waals surface area contributed by atoms with Gasteiger partial charge in [-0.05, 0) is 0 Å². The predicted molar refractivity (Wildman–Crippen MR) is 78.5 cm³/mol. The van der Waals surface area contributed by atoms with Crippen LogP contribution in [0.4, 0.5) is 0 Å². The summed E-state index contributed by atoms with van der Waals surface area (Å²) in [6, 6.07) is 0. The minimum absolute atomic E-state index is 0. The van der Waals surface area contributed by atoms with Gasteiger partial charge >= 0.3 is 41.7 Å². The van der Waals surface area contributed by atoms with Gasteiger partial charge < -0.3 is 113 Å². The van der Waals surface area contributed by atoms with Gasteiger partial charge in [0.05, 0.1) is 35.6 Å². The topological polar surface area (TPSA) is 500 Å². The van der Waals surface area contributed by atoms with E-state index in [2.05, 4.69) is 0 Å². The molecule has 0 aliphatic carbocycles. The Kier molecular flexibility index (Phi) is 93.2. The van der Waals surface area contributed by atoms with Crippen molar-refractivity contribution in [2.24, 2.45) is 0 Å². The van der Waals surface area contributed by atoms with Gasteiger partial charge in [-0.25, -0.2) is 0 Å². The van der Waals surface area contributed by atoms with Crippen LogP contribution in [0, 0.1) is 149 Å². The van der Waals surface area contributed by atoms with Gasteiger partial charge in [-0.2, -0.15) is 0 Å². The van der Waals surface area contributed by atoms with Gasteiger partial charge in [-0.15, -0.1) is 0 Å². The Morgan fingerprint density at radius 2 is 0.267 bits per heavy atom. The molecule has 0 rings (SSSR count). The smallest absolute Gasteiger partial charge is 0.369 e. The summed E-state index contributed by atoms with van der Waals surface area (Å²) in [5.41, 5.74) is 0. The third-order valence-electron chi connectivity index (χ3n) is 0. The van der Waals surface area contributed by atoms with Crippen molar-refractivity contribution < 1.29 is 77.4 Å². The first-order valence-electron chi connectivity index (χ1n) is 3.83. The summed E-state index contributed by atoms with van der Waals surface area (Å²) >= 11 is 0. The SMILES string of the molecule is O=[N+]([O-])[O-].O=[N+]([O-])[O-].O=[N+]([O-])[O-].O=[N+]([O-])[O-].O=[N+]([O-])[O-].O=[N+]([O-])[O-].O=[N+]([O-])[O-].[Ce+6].[NH4+]. The third kappa shape index (κ3) is 675. The summed E-state index contributed by atoms with van der Waals surface area (Å²) in [6.07, 6.45) is 0. The fourth-order valence-corrected chi connectivity index (χ4v) is 0. The van der Waals surface area contributed by atoms with Crippen LogP contribution in [0.15, 0.2) is 0 Å². The summed E-state index contributed by atoms with van der Waals surface area (Å²) in [4.78, 5) is 57.8. The van der Waals surface area contributed by atoms with E-state index in [0.717, 1.165) is 0 Å². The Morgan fingerprint density at radius 1 is 0.267 bits per heavy atom. The zero-order valence-electron chi connectivity index (χ0n) is 13.2. The molecule has 0 aromatic rings. The van der Waals surface area contributed by atoms with Crippen molar-refractivity contribution in [2.75, 3.05) is 0 Å². The van der Waals surface area contributed by atoms with Crippen LogP contribution < -0.4 is 6.15 Å². The fourth-order valence-electron chi connectivity index (χ4n) is 0. The van der Waals surface area contributed by atoms with Gasteiger partial charge in [0, 0.05) is 0 Å². The van der Waals surface area contributed by atoms with Crippen LogP contribution in [0.2, 0.25) is 0 Å². The second kappa shape index (κ2) is 49.8. The molecule has 30 heteroatoms. The molecule has 29 nitrogen and oxygen atoms in total. The summed E-state index contributed by atoms with van der Waals surface area (Å²) in [5, 5.41) is 103. The largest absolute Gasteiger partial charge is 6.00 e. The third-order valence-corrected chi connectivity index (χ3v) is 0. The average molecular weight is 592 g/mol. The number of quaternary nitrogens is 1. The molecule has 0 aliphatic heterocycles. The van der Waals surface area contributed by atoms with Gasteiger partial charge in [0.25, 0.3) is 0 Å². The van der Waals surface area contributed by atoms with E-state index in [-0.39, 0.29) is 47.9 Å². The quantitative estimate of drug-likeness (QED) is 0.252. The van der Waals surface area contributed by atoms with Crippen molar-refractivity contribution in [1.82, 2.24) is 6.15 Å². The number of hydrogen-bond donors (Lipinski definition) is 1. The fraction of sp³-hybridized carbons (Fsp3) is 0. The maximum absolute atomic E-state index is 8.25. The number of rotatable bonds is 0. The van der Waals surface area contributed by atoms with Crippen LogP contribution in [0.1, 0.15) is 0 Å². The minimum atomic E-state index is -1.75. The van der Waals surface area contributed by atoms with Crippen molar-refractivity contribution in [3.05, 3.63) is 107 Å². The van der Waals surface area contributed by atoms with E-state index in [9.17, 15) is 0 Å². The maximum atomic E-state index is 8.25. The monoisotopic (exact) mass is 592 g/mol. The molecule has 0 radical (unpaired) electrons. The van der Waals surface area contributed by atoms with E-state index in [1.165, 1.54) is 0 Å². The minimum Gasteiger partial charge on any atom is -0.369 e. The van der Waals surface area contributed by atoms with Gasteiger partial charge in [0.2, 0.25) is 0 Å². The van der Waals surface area contributed by atoms with Gasteiger partial charge in [0.1, 0.15) is 0 Å². The standard InChI is InChI=1S/Ce.7NO3.H3N/c;7*2-1(3)4;/h;;;;;;;;1H3/q+6;7*-1;/p+1. The van der Waals surface area contributed by atoms with Crippen LogP contribution >= 0.6 is 0 Å². The first-order valence-corrected chi connectivity index (χ1v) is 3.83. The Hall–Kier alpha value is -4.26. The van der Waals surface area contributed by atoms with Crippen molar-refractivity contribution in [3.63, 3.8) is 0 Å². The van der Waals surface area contributed by atoms with E-state index >= 15 is 0 Å². The molecule has 4 N–H and O–H groups in total. The zero-order chi connectivity index (χ0) is 25.0. The van der Waals surface area contributed by atoms with Crippen LogP contribution in [-0.4, -0.2) is 35.6 Å². The number of hydrogen-bond acceptors (Lipinski definition) is 21. The molecule has 0 fully saturated rings. The Bertz CT molecular complexity index is 310. The molecule has 0 spiro atoms. The van der Waals surface area contributed by atoms with E-state index in [0.29, 0.717) is 0 Å². The van der Waals surface area contributed by atoms with Crippen LogP contribution in [0.25, 0.3) is 0 Å². The van der Waals surface area contributed by atoms with Crippen molar-refractivity contribution >= 4 is 0 Å². The molecule has 174 valence electrons. The number of nitrogens with zero attached hydrogens (tertiary/aromatic N) is 7. The second-order valence-electron chi connectivity index (χ2n) is 1.57. The maximum Gasteiger partial charge on any atom is 6.00 e. The van der Waals surface area contributed by atoms with Gasteiger partial charge in [-0.1, -0.05) is 0 Å². The second-order valence-corrected chi connectivity index (χ2v) is 1.57. The Balaban J connectivity index is -0.0000000242. The molecule has 0 aromatic carbocycles. The molecular formula is H4CeN8O21.